The van der Waals surface area contributed by atoms with Gasteiger partial charge in [-0.1, -0.05) is 0 Å². The lowest BCUT2D eigenvalue weighted by Gasteiger charge is -1.70. The standard InChI is InChI=1S/N6O2/c1-2-3-4-5-6(7)8. The quantitative estimate of drug-likeness (QED) is 0.175. The molecule has 8 heteroatoms. The first-order valence-corrected chi connectivity index (χ1v) is 1.37. The van der Waals surface area contributed by atoms with Crippen LogP contribution in [-0.4, -0.2) is 5.03 Å². The van der Waals surface area contributed by atoms with Crippen LogP contribution in [0.2, 0.25) is 0 Å². The minimum absolute atomic E-state index is 1.07. The Hall–Kier alpha value is -1.69. The molecule has 0 bridgehead atoms. The zero-order chi connectivity index (χ0) is 6.41. The van der Waals surface area contributed by atoms with Gasteiger partial charge in [0.2, 0.25) is 0 Å². The second-order valence-corrected chi connectivity index (χ2v) is 0.596. The first kappa shape index (κ1) is 6.31. The number of hydrogen-bond acceptors (Lipinski definition) is 2. The molecule has 0 heterocycles. The Morgan fingerprint density at radius 2 is 2.38 bits per heavy atom. The molecule has 0 saturated carbocycles. The van der Waals surface area contributed by atoms with Gasteiger partial charge in [-0.2, -0.15) is 4.91 Å². The van der Waals surface area contributed by atoms with Crippen molar-refractivity contribution in [2.45, 2.75) is 0 Å². The lowest BCUT2D eigenvalue weighted by atomic mass is 12.4. The SMILES string of the molecule is [N-]=[N+]=NN=N[N+](=O)[O-]. The van der Waals surface area contributed by atoms with Crippen LogP contribution in [-0.2, 0) is 0 Å². The molecule has 0 atom stereocenters. The van der Waals surface area contributed by atoms with Crippen molar-refractivity contribution in [1.82, 2.24) is 0 Å². The van der Waals surface area contributed by atoms with E-state index in [4.69, 9.17) is 5.53 Å². The van der Waals surface area contributed by atoms with Gasteiger partial charge in [0.1, 0.15) is 5.22 Å². The molecule has 0 aliphatic heterocycles. The van der Waals surface area contributed by atoms with E-state index in [2.05, 4.69) is 20.6 Å². The molecule has 0 aromatic heterocycles. The average molecular weight is 116 g/mol. The monoisotopic (exact) mass is 116 g/mol. The fourth-order valence-corrected chi connectivity index (χ4v) is 0.0684. The highest BCUT2D eigenvalue weighted by Gasteiger charge is 1.77. The molecular weight excluding hydrogens is 116 g/mol. The maximum absolute atomic E-state index is 9.24. The van der Waals surface area contributed by atoms with E-state index in [1.165, 1.54) is 0 Å². The first-order chi connectivity index (χ1) is 3.77. The van der Waals surface area contributed by atoms with Gasteiger partial charge in [-0.15, -0.1) is 5.53 Å². The first-order valence-electron chi connectivity index (χ1n) is 1.37. The largest absolute Gasteiger partial charge is 0.337 e. The van der Waals surface area contributed by atoms with Crippen molar-refractivity contribution < 1.29 is 5.03 Å². The Labute approximate surface area is 42.5 Å². The number of nitrogens with zero attached hydrogens (tertiary/aromatic N) is 6. The van der Waals surface area contributed by atoms with Gasteiger partial charge in [0, 0.05) is 0 Å². The molecule has 0 radical (unpaired) electrons. The van der Waals surface area contributed by atoms with Crippen LogP contribution < -0.4 is 0 Å². The molecule has 42 valence electrons. The van der Waals surface area contributed by atoms with Crippen molar-refractivity contribution >= 4 is 0 Å². The molecule has 0 amide bonds. The summed E-state index contributed by atoms with van der Waals surface area (Å²) < 4.78 is 0. The third kappa shape index (κ3) is 4.31. The Morgan fingerprint density at radius 3 is 2.75 bits per heavy atom. The summed E-state index contributed by atoms with van der Waals surface area (Å²) in [7, 11) is 0. The summed E-state index contributed by atoms with van der Waals surface area (Å²) in [5, 5.41) is 15.2. The third-order valence-electron chi connectivity index (χ3n) is 0.193. The number of rotatable bonds is 2. The van der Waals surface area contributed by atoms with Crippen molar-refractivity contribution in [3.8, 4) is 0 Å². The van der Waals surface area contributed by atoms with Crippen LogP contribution in [0.3, 0.4) is 0 Å². The van der Waals surface area contributed by atoms with E-state index in [1.807, 2.05) is 0 Å². The van der Waals surface area contributed by atoms with Gasteiger partial charge >= 0.3 is 0 Å². The molecule has 0 saturated heterocycles. The van der Waals surface area contributed by atoms with Gasteiger partial charge in [0.05, 0.1) is 10.3 Å². The molecule has 8 nitrogen and oxygen atoms in total. The Kier molecular flexibility index (Phi) is 2.76. The van der Waals surface area contributed by atoms with E-state index < -0.39 is 5.03 Å². The van der Waals surface area contributed by atoms with Crippen LogP contribution in [0.5, 0.6) is 0 Å². The fraction of sp³-hybridized carbons (Fsp3) is 0. The lowest BCUT2D eigenvalue weighted by molar-refractivity contribution is -0.494. The topological polar surface area (TPSA) is 117 Å². The number of azide groups is 1. The van der Waals surface area contributed by atoms with E-state index in [1.54, 1.807) is 0 Å². The Bertz CT molecular complexity index is 146. The van der Waals surface area contributed by atoms with E-state index in [0.29, 0.717) is 0 Å². The molecule has 8 heavy (non-hydrogen) atoms. The predicted octanol–water partition coefficient (Wildman–Crippen LogP) is 0.856. The zero-order valence-corrected chi connectivity index (χ0v) is 3.50. The minimum atomic E-state index is -1.07. The summed E-state index contributed by atoms with van der Waals surface area (Å²) in [6.07, 6.45) is 0. The highest BCUT2D eigenvalue weighted by atomic mass is 16.7. The summed E-state index contributed by atoms with van der Waals surface area (Å²) >= 11 is 0. The highest BCUT2D eigenvalue weighted by molar-refractivity contribution is 4.30. The van der Waals surface area contributed by atoms with E-state index >= 15 is 0 Å². The second-order valence-electron chi connectivity index (χ2n) is 0.596. The molecule has 0 fully saturated rings. The number of hydrogen-bond donors (Lipinski definition) is 0. The maximum atomic E-state index is 9.24. The number of nitro groups is 1. The summed E-state index contributed by atoms with van der Waals surface area (Å²) in [6.45, 7) is 0. The molecule has 0 spiro atoms. The second kappa shape index (κ2) is 3.50. The van der Waals surface area contributed by atoms with Gasteiger partial charge in [-0.05, 0) is 0 Å². The highest BCUT2D eigenvalue weighted by Crippen LogP contribution is 1.75. The lowest BCUT2D eigenvalue weighted by Crippen LogP contribution is -1.79. The van der Waals surface area contributed by atoms with Crippen molar-refractivity contribution in [2.24, 2.45) is 15.7 Å². The van der Waals surface area contributed by atoms with Crippen LogP contribution in [0.15, 0.2) is 15.7 Å². The van der Waals surface area contributed by atoms with Gasteiger partial charge in [0.15, 0.2) is 5.22 Å². The van der Waals surface area contributed by atoms with Crippen LogP contribution in [0.4, 0.5) is 0 Å². The molecule has 0 aliphatic carbocycles. The smallest absolute Gasteiger partial charge is 0.192 e. The molecule has 0 aromatic carbocycles. The Morgan fingerprint density at radius 1 is 1.75 bits per heavy atom. The summed E-state index contributed by atoms with van der Waals surface area (Å²) in [5.74, 6) is 0. The minimum Gasteiger partial charge on any atom is -0.337 e. The van der Waals surface area contributed by atoms with Gasteiger partial charge in [-0.3, -0.25) is 0 Å². The molecule has 0 unspecified atom stereocenters. The molecule has 0 N–H and O–H groups in total. The van der Waals surface area contributed by atoms with Crippen LogP contribution in [0.1, 0.15) is 0 Å². The van der Waals surface area contributed by atoms with E-state index in [-0.39, 0.29) is 0 Å². The van der Waals surface area contributed by atoms with Crippen LogP contribution in [0, 0.1) is 10.1 Å². The van der Waals surface area contributed by atoms with Gasteiger partial charge in [0.25, 0.3) is 0 Å². The van der Waals surface area contributed by atoms with Crippen molar-refractivity contribution in [3.05, 3.63) is 20.6 Å². The maximum Gasteiger partial charge on any atom is 0.192 e. The third-order valence-corrected chi connectivity index (χ3v) is 0.193. The van der Waals surface area contributed by atoms with E-state index in [0.717, 1.165) is 0 Å². The zero-order valence-electron chi connectivity index (χ0n) is 3.50. The van der Waals surface area contributed by atoms with Gasteiger partial charge in [-0.25, -0.2) is 0 Å². The van der Waals surface area contributed by atoms with Crippen molar-refractivity contribution in [3.63, 3.8) is 0 Å². The molecular formula is N6O2. The van der Waals surface area contributed by atoms with Crippen molar-refractivity contribution in [1.29, 1.82) is 0 Å². The predicted molar refractivity (Wildman–Crippen MR) is 21.0 cm³/mol. The summed E-state index contributed by atoms with van der Waals surface area (Å²) in [4.78, 5) is 11.3. The molecule has 0 aliphatic rings. The average Bonchev–Trinajstić information content (AvgIpc) is 1.66. The van der Waals surface area contributed by atoms with Crippen molar-refractivity contribution in [2.75, 3.05) is 0 Å². The van der Waals surface area contributed by atoms with Crippen LogP contribution in [0.25, 0.3) is 10.4 Å². The van der Waals surface area contributed by atoms with E-state index in [9.17, 15) is 10.1 Å². The summed E-state index contributed by atoms with van der Waals surface area (Å²) in [6, 6.07) is 0. The molecule has 0 aromatic rings. The van der Waals surface area contributed by atoms with Crippen LogP contribution >= 0.6 is 0 Å². The van der Waals surface area contributed by atoms with Gasteiger partial charge < -0.3 is 10.1 Å². The Balaban J connectivity index is 3.67. The fourth-order valence-electron chi connectivity index (χ4n) is 0.0684. The normalized spacial score (nSPS) is 8.50. The summed E-state index contributed by atoms with van der Waals surface area (Å²) in [5.41, 5.74) is 7.46. The molecule has 0 rings (SSSR count).